The number of benzene rings is 1. The molecular weight excluding hydrogens is 319 g/mol. The molecule has 1 heterocycles. The van der Waals surface area contributed by atoms with Gasteiger partial charge in [0, 0.05) is 0 Å². The molecule has 0 aliphatic rings. The van der Waals surface area contributed by atoms with E-state index < -0.39 is 5.97 Å². The van der Waals surface area contributed by atoms with Crippen LogP contribution >= 0.6 is 15.9 Å². The van der Waals surface area contributed by atoms with Crippen molar-refractivity contribution in [1.29, 1.82) is 0 Å². The highest BCUT2D eigenvalue weighted by atomic mass is 79.9. The van der Waals surface area contributed by atoms with Gasteiger partial charge in [-0.1, -0.05) is 0 Å². The third kappa shape index (κ3) is 3.14. The summed E-state index contributed by atoms with van der Waals surface area (Å²) in [4.78, 5) is 11.4. The lowest BCUT2D eigenvalue weighted by atomic mass is 10.2. The number of methoxy groups -OCH3 is 1. The average molecular weight is 329 g/mol. The van der Waals surface area contributed by atoms with Gasteiger partial charge < -0.3 is 13.9 Å². The Balaban J connectivity index is 2.10. The van der Waals surface area contributed by atoms with Crippen molar-refractivity contribution in [2.24, 2.45) is 0 Å². The van der Waals surface area contributed by atoms with E-state index in [1.54, 1.807) is 0 Å². The van der Waals surface area contributed by atoms with Crippen molar-refractivity contribution in [2.45, 2.75) is 6.61 Å². The summed E-state index contributed by atoms with van der Waals surface area (Å²) >= 11 is 3.19. The number of rotatable bonds is 4. The Morgan fingerprint density at radius 3 is 2.89 bits per heavy atom. The zero-order valence-corrected chi connectivity index (χ0v) is 11.6. The molecule has 100 valence electrons. The standard InChI is InChI=1S/C13H10BrFO4/c1-17-13(16)9-4-5-18-12(9)7-19-11-3-2-8(15)6-10(11)14/h2-6H,7H2,1H3. The first-order valence-electron chi connectivity index (χ1n) is 5.34. The van der Waals surface area contributed by atoms with Crippen LogP contribution in [0.3, 0.4) is 0 Å². The molecule has 0 N–H and O–H groups in total. The molecule has 0 saturated heterocycles. The van der Waals surface area contributed by atoms with E-state index in [1.165, 1.54) is 37.6 Å². The highest BCUT2D eigenvalue weighted by Crippen LogP contribution is 2.26. The zero-order chi connectivity index (χ0) is 13.8. The summed E-state index contributed by atoms with van der Waals surface area (Å²) in [7, 11) is 1.29. The normalized spacial score (nSPS) is 10.3. The lowest BCUT2D eigenvalue weighted by molar-refractivity contribution is 0.0595. The highest BCUT2D eigenvalue weighted by Gasteiger charge is 2.15. The Kier molecular flexibility index (Phi) is 4.21. The quantitative estimate of drug-likeness (QED) is 0.805. The van der Waals surface area contributed by atoms with Crippen LogP contribution in [0.5, 0.6) is 5.75 Å². The van der Waals surface area contributed by atoms with Crippen molar-refractivity contribution in [3.63, 3.8) is 0 Å². The molecule has 0 aliphatic carbocycles. The van der Waals surface area contributed by atoms with Gasteiger partial charge in [-0.3, -0.25) is 0 Å². The largest absolute Gasteiger partial charge is 0.484 e. The fourth-order valence-corrected chi connectivity index (χ4v) is 1.95. The molecule has 2 rings (SSSR count). The Hall–Kier alpha value is -1.82. The third-order valence-electron chi connectivity index (χ3n) is 2.40. The summed E-state index contributed by atoms with van der Waals surface area (Å²) in [5.74, 6) is -0.0605. The summed E-state index contributed by atoms with van der Waals surface area (Å²) in [5.41, 5.74) is 0.306. The SMILES string of the molecule is COC(=O)c1ccoc1COc1ccc(F)cc1Br. The van der Waals surface area contributed by atoms with Crippen LogP contribution in [0.4, 0.5) is 4.39 Å². The fraction of sp³-hybridized carbons (Fsp3) is 0.154. The summed E-state index contributed by atoms with van der Waals surface area (Å²) < 4.78 is 28.6. The van der Waals surface area contributed by atoms with Crippen molar-refractivity contribution in [3.05, 3.63) is 52.1 Å². The van der Waals surface area contributed by atoms with E-state index in [9.17, 15) is 9.18 Å². The minimum absolute atomic E-state index is 0.0433. The monoisotopic (exact) mass is 328 g/mol. The molecular formula is C13H10BrFO4. The van der Waals surface area contributed by atoms with Gasteiger partial charge in [0.2, 0.25) is 0 Å². The third-order valence-corrected chi connectivity index (χ3v) is 3.02. The summed E-state index contributed by atoms with van der Waals surface area (Å²) in [6, 6.07) is 5.56. The van der Waals surface area contributed by atoms with Crippen molar-refractivity contribution in [1.82, 2.24) is 0 Å². The Morgan fingerprint density at radius 2 is 2.21 bits per heavy atom. The molecule has 0 spiro atoms. The number of carbonyl (C=O) groups excluding carboxylic acids is 1. The van der Waals surface area contributed by atoms with E-state index in [-0.39, 0.29) is 12.4 Å². The number of hydrogen-bond acceptors (Lipinski definition) is 4. The minimum atomic E-state index is -0.495. The number of carbonyl (C=O) groups is 1. The summed E-state index contributed by atoms with van der Waals surface area (Å²) in [5, 5.41) is 0. The topological polar surface area (TPSA) is 48.7 Å². The Labute approximate surface area is 117 Å². The molecule has 0 atom stereocenters. The number of hydrogen-bond donors (Lipinski definition) is 0. The molecule has 0 saturated carbocycles. The molecule has 1 aromatic heterocycles. The Morgan fingerprint density at radius 1 is 1.42 bits per heavy atom. The maximum Gasteiger partial charge on any atom is 0.341 e. The highest BCUT2D eigenvalue weighted by molar-refractivity contribution is 9.10. The molecule has 1 aromatic carbocycles. The number of halogens is 2. The van der Waals surface area contributed by atoms with E-state index in [0.29, 0.717) is 21.5 Å². The van der Waals surface area contributed by atoms with E-state index in [0.717, 1.165) is 0 Å². The van der Waals surface area contributed by atoms with Crippen LogP contribution in [-0.2, 0) is 11.3 Å². The molecule has 0 amide bonds. The molecule has 4 nitrogen and oxygen atoms in total. The molecule has 0 aliphatic heterocycles. The van der Waals surface area contributed by atoms with Crippen LogP contribution in [0.15, 0.2) is 39.4 Å². The van der Waals surface area contributed by atoms with Gasteiger partial charge in [0.25, 0.3) is 0 Å². The van der Waals surface area contributed by atoms with Crippen LogP contribution in [-0.4, -0.2) is 13.1 Å². The first kappa shape index (κ1) is 13.6. The van der Waals surface area contributed by atoms with Crippen molar-refractivity contribution >= 4 is 21.9 Å². The lowest BCUT2D eigenvalue weighted by Gasteiger charge is -2.07. The number of esters is 1. The van der Waals surface area contributed by atoms with Crippen LogP contribution in [0, 0.1) is 5.82 Å². The number of furan rings is 1. The second-order valence-electron chi connectivity index (χ2n) is 3.61. The maximum atomic E-state index is 12.9. The second-order valence-corrected chi connectivity index (χ2v) is 4.47. The summed E-state index contributed by atoms with van der Waals surface area (Å²) in [6.07, 6.45) is 1.38. The van der Waals surface area contributed by atoms with Crippen molar-refractivity contribution in [3.8, 4) is 5.75 Å². The van der Waals surface area contributed by atoms with E-state index >= 15 is 0 Å². The van der Waals surface area contributed by atoms with Gasteiger partial charge in [-0.2, -0.15) is 0 Å². The predicted octanol–water partition coefficient (Wildman–Crippen LogP) is 3.55. The average Bonchev–Trinajstić information content (AvgIpc) is 2.85. The lowest BCUT2D eigenvalue weighted by Crippen LogP contribution is -2.05. The minimum Gasteiger partial charge on any atom is -0.484 e. The van der Waals surface area contributed by atoms with Gasteiger partial charge >= 0.3 is 5.97 Å². The zero-order valence-electron chi connectivity index (χ0n) is 9.98. The smallest absolute Gasteiger partial charge is 0.341 e. The molecule has 19 heavy (non-hydrogen) atoms. The van der Waals surface area contributed by atoms with Crippen molar-refractivity contribution < 1.29 is 23.1 Å². The molecule has 2 aromatic rings. The van der Waals surface area contributed by atoms with Gasteiger partial charge in [-0.05, 0) is 40.2 Å². The van der Waals surface area contributed by atoms with Crippen LogP contribution in [0.2, 0.25) is 0 Å². The van der Waals surface area contributed by atoms with Gasteiger partial charge in [0.05, 0.1) is 17.8 Å². The molecule has 0 unspecified atom stereocenters. The number of ether oxygens (including phenoxy) is 2. The van der Waals surface area contributed by atoms with Crippen LogP contribution < -0.4 is 4.74 Å². The molecule has 0 fully saturated rings. The maximum absolute atomic E-state index is 12.9. The summed E-state index contributed by atoms with van der Waals surface area (Å²) in [6.45, 7) is 0.0433. The molecule has 0 radical (unpaired) electrons. The van der Waals surface area contributed by atoms with E-state index in [2.05, 4.69) is 20.7 Å². The first-order chi connectivity index (χ1) is 9.11. The predicted molar refractivity (Wildman–Crippen MR) is 68.5 cm³/mol. The van der Waals surface area contributed by atoms with Gasteiger partial charge in [0.1, 0.15) is 23.7 Å². The fourth-order valence-electron chi connectivity index (χ4n) is 1.48. The van der Waals surface area contributed by atoms with Gasteiger partial charge in [-0.15, -0.1) is 0 Å². The van der Waals surface area contributed by atoms with Crippen LogP contribution in [0.1, 0.15) is 16.1 Å². The van der Waals surface area contributed by atoms with Crippen LogP contribution in [0.25, 0.3) is 0 Å². The second kappa shape index (κ2) is 5.88. The van der Waals surface area contributed by atoms with E-state index in [4.69, 9.17) is 9.15 Å². The van der Waals surface area contributed by atoms with Gasteiger partial charge in [-0.25, -0.2) is 9.18 Å². The van der Waals surface area contributed by atoms with E-state index in [1.807, 2.05) is 0 Å². The van der Waals surface area contributed by atoms with Gasteiger partial charge in [0.15, 0.2) is 5.76 Å². The first-order valence-corrected chi connectivity index (χ1v) is 6.13. The Bertz CT molecular complexity index is 594. The van der Waals surface area contributed by atoms with Crippen molar-refractivity contribution in [2.75, 3.05) is 7.11 Å². The molecule has 0 bridgehead atoms. The molecule has 6 heteroatoms.